The number of rotatable bonds is 3. The fraction of sp³-hybridized carbons (Fsp3) is 0.467. The first-order chi connectivity index (χ1) is 8.52. The van der Waals surface area contributed by atoms with Crippen molar-refractivity contribution in [3.05, 3.63) is 47.3 Å². The zero-order chi connectivity index (χ0) is 13.3. The van der Waals surface area contributed by atoms with Crippen LogP contribution >= 0.6 is 11.8 Å². The molecule has 0 bridgehead atoms. The van der Waals surface area contributed by atoms with E-state index in [2.05, 4.69) is 51.2 Å². The Balaban J connectivity index is 2.53. The number of halogens is 1. The zero-order valence-corrected chi connectivity index (χ0v) is 12.2. The first-order valence-electron chi connectivity index (χ1n) is 6.52. The standard InChI is InChI=1S/C15H21ClN2/c1-10(2)12-6-5-7-13(11(3)4)14(12)15-17-8-9-18(15)16/h5-11,15,17H,1-4H3. The van der Waals surface area contributed by atoms with E-state index in [9.17, 15) is 0 Å². The molecule has 1 unspecified atom stereocenters. The van der Waals surface area contributed by atoms with Gasteiger partial charge in [-0.05, 0) is 23.0 Å². The molecule has 1 heterocycles. The third-order valence-electron chi connectivity index (χ3n) is 3.41. The van der Waals surface area contributed by atoms with Crippen molar-refractivity contribution in [2.45, 2.75) is 45.7 Å². The number of nitrogens with zero attached hydrogens (tertiary/aromatic N) is 1. The minimum Gasteiger partial charge on any atom is -0.365 e. The summed E-state index contributed by atoms with van der Waals surface area (Å²) in [7, 11) is 0. The van der Waals surface area contributed by atoms with Crippen LogP contribution in [-0.2, 0) is 0 Å². The van der Waals surface area contributed by atoms with Gasteiger partial charge in [0.05, 0.1) is 0 Å². The van der Waals surface area contributed by atoms with Crippen LogP contribution in [0.25, 0.3) is 0 Å². The van der Waals surface area contributed by atoms with Crippen molar-refractivity contribution in [3.8, 4) is 0 Å². The van der Waals surface area contributed by atoms with Gasteiger partial charge in [-0.25, -0.2) is 0 Å². The van der Waals surface area contributed by atoms with E-state index >= 15 is 0 Å². The molecule has 0 radical (unpaired) electrons. The lowest BCUT2D eigenvalue weighted by atomic mass is 9.87. The molecule has 2 rings (SSSR count). The van der Waals surface area contributed by atoms with Gasteiger partial charge in [-0.3, -0.25) is 4.42 Å². The predicted octanol–water partition coefficient (Wildman–Crippen LogP) is 4.46. The van der Waals surface area contributed by atoms with Crippen LogP contribution in [0.2, 0.25) is 0 Å². The van der Waals surface area contributed by atoms with Crippen molar-refractivity contribution >= 4 is 11.8 Å². The van der Waals surface area contributed by atoms with Crippen LogP contribution in [0.5, 0.6) is 0 Å². The monoisotopic (exact) mass is 264 g/mol. The summed E-state index contributed by atoms with van der Waals surface area (Å²) >= 11 is 6.25. The fourth-order valence-corrected chi connectivity index (χ4v) is 2.70. The average Bonchev–Trinajstić information content (AvgIpc) is 2.74. The van der Waals surface area contributed by atoms with Crippen molar-refractivity contribution in [1.82, 2.24) is 9.74 Å². The van der Waals surface area contributed by atoms with Gasteiger partial charge in [0.2, 0.25) is 0 Å². The second-order valence-electron chi connectivity index (χ2n) is 5.39. The molecule has 1 N–H and O–H groups in total. The first-order valence-corrected chi connectivity index (χ1v) is 6.85. The summed E-state index contributed by atoms with van der Waals surface area (Å²) in [5.41, 5.74) is 4.06. The Kier molecular flexibility index (Phi) is 3.86. The Morgan fingerprint density at radius 2 is 1.67 bits per heavy atom. The molecule has 1 aromatic carbocycles. The highest BCUT2D eigenvalue weighted by Gasteiger charge is 2.26. The van der Waals surface area contributed by atoms with Crippen molar-refractivity contribution in [3.63, 3.8) is 0 Å². The predicted molar refractivity (Wildman–Crippen MR) is 77.3 cm³/mol. The highest BCUT2D eigenvalue weighted by atomic mass is 35.5. The molecule has 0 aromatic heterocycles. The number of hydrogen-bond donors (Lipinski definition) is 1. The van der Waals surface area contributed by atoms with E-state index in [1.54, 1.807) is 4.42 Å². The van der Waals surface area contributed by atoms with Gasteiger partial charge in [-0.15, -0.1) is 0 Å². The molecule has 0 spiro atoms. The number of hydrogen-bond acceptors (Lipinski definition) is 2. The summed E-state index contributed by atoms with van der Waals surface area (Å²) < 4.78 is 1.72. The minimum atomic E-state index is 0.0441. The van der Waals surface area contributed by atoms with Gasteiger partial charge in [0.25, 0.3) is 0 Å². The van der Waals surface area contributed by atoms with Gasteiger partial charge >= 0.3 is 0 Å². The maximum absolute atomic E-state index is 6.25. The molecule has 0 amide bonds. The largest absolute Gasteiger partial charge is 0.365 e. The molecule has 0 saturated heterocycles. The van der Waals surface area contributed by atoms with E-state index in [0.717, 1.165) is 0 Å². The quantitative estimate of drug-likeness (QED) is 0.811. The van der Waals surface area contributed by atoms with Crippen molar-refractivity contribution in [2.75, 3.05) is 0 Å². The van der Waals surface area contributed by atoms with Crippen LogP contribution in [-0.4, -0.2) is 4.42 Å². The van der Waals surface area contributed by atoms with E-state index in [1.165, 1.54) is 16.7 Å². The first kappa shape index (κ1) is 13.3. The molecule has 1 aliphatic heterocycles. The highest BCUT2D eigenvalue weighted by Crippen LogP contribution is 2.36. The third kappa shape index (κ3) is 2.35. The number of nitrogens with one attached hydrogen (secondary N) is 1. The topological polar surface area (TPSA) is 15.3 Å². The van der Waals surface area contributed by atoms with Gasteiger partial charge in [0.15, 0.2) is 0 Å². The van der Waals surface area contributed by atoms with Gasteiger partial charge in [0, 0.05) is 29.7 Å². The Bertz CT molecular complexity index is 426. The minimum absolute atomic E-state index is 0.0441. The van der Waals surface area contributed by atoms with Crippen LogP contribution in [0.15, 0.2) is 30.6 Å². The molecule has 1 atom stereocenters. The van der Waals surface area contributed by atoms with Gasteiger partial charge in [-0.1, -0.05) is 45.9 Å². The molecule has 3 heteroatoms. The van der Waals surface area contributed by atoms with Crippen molar-refractivity contribution in [2.24, 2.45) is 0 Å². The Hall–Kier alpha value is -1.15. The average molecular weight is 265 g/mol. The molecule has 18 heavy (non-hydrogen) atoms. The summed E-state index contributed by atoms with van der Waals surface area (Å²) in [5.74, 6) is 0.984. The lowest BCUT2D eigenvalue weighted by Crippen LogP contribution is -2.23. The summed E-state index contributed by atoms with van der Waals surface area (Å²) in [4.78, 5) is 0. The van der Waals surface area contributed by atoms with E-state index in [4.69, 9.17) is 11.8 Å². The Labute approximate surface area is 115 Å². The summed E-state index contributed by atoms with van der Waals surface area (Å²) in [6, 6.07) is 6.56. The van der Waals surface area contributed by atoms with Gasteiger partial charge in [0.1, 0.15) is 6.17 Å². The second-order valence-corrected chi connectivity index (χ2v) is 5.78. The number of benzene rings is 1. The lowest BCUT2D eigenvalue weighted by molar-refractivity contribution is 0.433. The van der Waals surface area contributed by atoms with Gasteiger partial charge in [-0.2, -0.15) is 0 Å². The zero-order valence-electron chi connectivity index (χ0n) is 11.4. The Morgan fingerprint density at radius 1 is 1.11 bits per heavy atom. The SMILES string of the molecule is CC(C)c1cccc(C(C)C)c1C1NC=CN1Cl. The molecular formula is C15H21ClN2. The van der Waals surface area contributed by atoms with Crippen LogP contribution in [0.1, 0.15) is 62.4 Å². The molecule has 1 aliphatic rings. The van der Waals surface area contributed by atoms with Crippen molar-refractivity contribution in [1.29, 1.82) is 0 Å². The molecule has 98 valence electrons. The maximum Gasteiger partial charge on any atom is 0.140 e. The molecular weight excluding hydrogens is 244 g/mol. The van der Waals surface area contributed by atoms with Crippen molar-refractivity contribution < 1.29 is 0 Å². The van der Waals surface area contributed by atoms with Crippen LogP contribution in [0, 0.1) is 0 Å². The lowest BCUT2D eigenvalue weighted by Gasteiger charge is -2.27. The van der Waals surface area contributed by atoms with E-state index < -0.39 is 0 Å². The summed E-state index contributed by atoms with van der Waals surface area (Å²) in [6.07, 6.45) is 3.81. The van der Waals surface area contributed by atoms with Crippen LogP contribution < -0.4 is 5.32 Å². The molecule has 0 saturated carbocycles. The second kappa shape index (κ2) is 5.23. The maximum atomic E-state index is 6.25. The molecule has 1 aromatic rings. The van der Waals surface area contributed by atoms with E-state index in [0.29, 0.717) is 11.8 Å². The smallest absolute Gasteiger partial charge is 0.140 e. The summed E-state index contributed by atoms with van der Waals surface area (Å²) in [6.45, 7) is 8.90. The summed E-state index contributed by atoms with van der Waals surface area (Å²) in [5, 5.41) is 3.33. The fourth-order valence-electron chi connectivity index (χ4n) is 2.49. The Morgan fingerprint density at radius 3 is 2.06 bits per heavy atom. The highest BCUT2D eigenvalue weighted by molar-refractivity contribution is 6.14. The molecule has 2 nitrogen and oxygen atoms in total. The van der Waals surface area contributed by atoms with Gasteiger partial charge < -0.3 is 5.32 Å². The molecule has 0 fully saturated rings. The van der Waals surface area contributed by atoms with E-state index in [-0.39, 0.29) is 6.17 Å². The molecule has 0 aliphatic carbocycles. The normalized spacial score (nSPS) is 18.8. The van der Waals surface area contributed by atoms with Crippen LogP contribution in [0.4, 0.5) is 0 Å². The van der Waals surface area contributed by atoms with E-state index in [1.807, 2.05) is 12.4 Å². The third-order valence-corrected chi connectivity index (χ3v) is 3.72. The van der Waals surface area contributed by atoms with Crippen LogP contribution in [0.3, 0.4) is 0 Å².